The molecule has 21 heavy (non-hydrogen) atoms. The third-order valence-electron chi connectivity index (χ3n) is 2.78. The minimum absolute atomic E-state index is 0.0733. The highest BCUT2D eigenvalue weighted by Crippen LogP contribution is 2.33. The third-order valence-corrected chi connectivity index (χ3v) is 2.78. The van der Waals surface area contributed by atoms with E-state index >= 15 is 0 Å². The van der Waals surface area contributed by atoms with E-state index in [1.807, 2.05) is 0 Å². The van der Waals surface area contributed by atoms with Gasteiger partial charge in [0.2, 0.25) is 11.7 Å². The van der Waals surface area contributed by atoms with Crippen LogP contribution in [-0.2, 0) is 0 Å². The summed E-state index contributed by atoms with van der Waals surface area (Å²) in [6, 6.07) is 2.88. The summed E-state index contributed by atoms with van der Waals surface area (Å²) >= 11 is 0. The number of nitrogens with zero attached hydrogens (tertiary/aromatic N) is 2. The van der Waals surface area contributed by atoms with Crippen molar-refractivity contribution >= 4 is 11.7 Å². The molecule has 2 rings (SSSR count). The molecule has 7 nitrogen and oxygen atoms in total. The Kier molecular flexibility index (Phi) is 3.70. The number of halogens is 1. The lowest BCUT2D eigenvalue weighted by Crippen LogP contribution is -2.01. The fourth-order valence-electron chi connectivity index (χ4n) is 1.83. The molecule has 0 atom stereocenters. The predicted molar refractivity (Wildman–Crippen MR) is 69.6 cm³/mol. The van der Waals surface area contributed by atoms with Crippen molar-refractivity contribution in [2.24, 2.45) is 0 Å². The molecule has 0 unspecified atom stereocenters. The lowest BCUT2D eigenvalue weighted by atomic mass is 10.1. The van der Waals surface area contributed by atoms with Crippen molar-refractivity contribution in [2.75, 3.05) is 0 Å². The molecule has 1 aromatic heterocycles. The maximum Gasteiger partial charge on any atom is 0.373 e. The topological polar surface area (TPSA) is 106 Å². The van der Waals surface area contributed by atoms with Gasteiger partial charge in [-0.2, -0.15) is 0 Å². The Labute approximate surface area is 118 Å². The number of carboxylic acid groups (broad SMARTS) is 1. The average Bonchev–Trinajstić information content (AvgIpc) is 2.83. The molecule has 1 heterocycles. The van der Waals surface area contributed by atoms with Crippen molar-refractivity contribution in [3.05, 3.63) is 45.6 Å². The minimum atomic E-state index is -1.32. The number of hydrogen-bond donors (Lipinski definition) is 1. The molecule has 0 aliphatic carbocycles. The van der Waals surface area contributed by atoms with Crippen molar-refractivity contribution in [2.45, 2.75) is 19.8 Å². The van der Waals surface area contributed by atoms with E-state index < -0.39 is 22.4 Å². The van der Waals surface area contributed by atoms with Crippen LogP contribution in [0.2, 0.25) is 0 Å². The van der Waals surface area contributed by atoms with Crippen molar-refractivity contribution in [3.63, 3.8) is 0 Å². The second-order valence-electron chi connectivity index (χ2n) is 4.61. The number of aromatic carboxylic acids is 1. The summed E-state index contributed by atoms with van der Waals surface area (Å²) < 4.78 is 18.2. The molecular formula is C13H11FN2O5. The third kappa shape index (κ3) is 2.73. The second kappa shape index (κ2) is 5.31. The van der Waals surface area contributed by atoms with Gasteiger partial charge in [0.05, 0.1) is 16.7 Å². The number of nitro groups is 1. The van der Waals surface area contributed by atoms with Crippen LogP contribution in [-0.4, -0.2) is 21.0 Å². The van der Waals surface area contributed by atoms with E-state index in [0.717, 1.165) is 18.2 Å². The number of oxazole rings is 1. The first-order valence-electron chi connectivity index (χ1n) is 5.99. The molecule has 0 saturated carbocycles. The van der Waals surface area contributed by atoms with Crippen LogP contribution in [0.3, 0.4) is 0 Å². The quantitative estimate of drug-likeness (QED) is 0.685. The van der Waals surface area contributed by atoms with Crippen molar-refractivity contribution in [3.8, 4) is 11.5 Å². The zero-order valence-corrected chi connectivity index (χ0v) is 11.2. The molecule has 0 spiro atoms. The van der Waals surface area contributed by atoms with Gasteiger partial charge in [-0.3, -0.25) is 10.1 Å². The van der Waals surface area contributed by atoms with Crippen LogP contribution in [0.15, 0.2) is 22.6 Å². The monoisotopic (exact) mass is 294 g/mol. The molecule has 1 N–H and O–H groups in total. The Morgan fingerprint density at radius 1 is 1.48 bits per heavy atom. The van der Waals surface area contributed by atoms with Gasteiger partial charge in [0.15, 0.2) is 0 Å². The molecule has 110 valence electrons. The summed E-state index contributed by atoms with van der Waals surface area (Å²) in [6.07, 6.45) is 0. The summed E-state index contributed by atoms with van der Waals surface area (Å²) in [4.78, 5) is 25.3. The van der Waals surface area contributed by atoms with Gasteiger partial charge in [-0.1, -0.05) is 13.8 Å². The summed E-state index contributed by atoms with van der Waals surface area (Å²) in [5.41, 5.74) is -0.435. The summed E-state index contributed by atoms with van der Waals surface area (Å²) in [5.74, 6) is -2.93. The van der Waals surface area contributed by atoms with Crippen LogP contribution in [0.25, 0.3) is 11.5 Å². The highest BCUT2D eigenvalue weighted by molar-refractivity contribution is 5.86. The SMILES string of the molecule is CC(C)c1nc(-c2ccc(F)cc2[N+](=O)[O-])oc1C(=O)O. The normalized spacial score (nSPS) is 10.9. The number of carbonyl (C=O) groups is 1. The Bertz CT molecular complexity index is 723. The molecule has 8 heteroatoms. The molecule has 0 radical (unpaired) electrons. The first-order valence-corrected chi connectivity index (χ1v) is 5.99. The van der Waals surface area contributed by atoms with Crippen LogP contribution in [0, 0.1) is 15.9 Å². The summed E-state index contributed by atoms with van der Waals surface area (Å²) in [6.45, 7) is 3.43. The van der Waals surface area contributed by atoms with Crippen molar-refractivity contribution in [1.82, 2.24) is 4.98 Å². The molecule has 1 aromatic carbocycles. The van der Waals surface area contributed by atoms with Gasteiger partial charge in [-0.25, -0.2) is 14.2 Å². The van der Waals surface area contributed by atoms with E-state index in [4.69, 9.17) is 9.52 Å². The Balaban J connectivity index is 2.65. The smallest absolute Gasteiger partial charge is 0.373 e. The van der Waals surface area contributed by atoms with Crippen molar-refractivity contribution in [1.29, 1.82) is 0 Å². The Morgan fingerprint density at radius 2 is 2.14 bits per heavy atom. The zero-order chi connectivity index (χ0) is 15.7. The Morgan fingerprint density at radius 3 is 2.62 bits per heavy atom. The lowest BCUT2D eigenvalue weighted by molar-refractivity contribution is -0.384. The van der Waals surface area contributed by atoms with Crippen LogP contribution in [0.4, 0.5) is 10.1 Å². The van der Waals surface area contributed by atoms with Crippen LogP contribution >= 0.6 is 0 Å². The lowest BCUT2D eigenvalue weighted by Gasteiger charge is -1.99. The maximum absolute atomic E-state index is 13.1. The van der Waals surface area contributed by atoms with Gasteiger partial charge < -0.3 is 9.52 Å². The van der Waals surface area contributed by atoms with Crippen LogP contribution < -0.4 is 0 Å². The number of aromatic nitrogens is 1. The number of hydrogen-bond acceptors (Lipinski definition) is 5. The average molecular weight is 294 g/mol. The van der Waals surface area contributed by atoms with Gasteiger partial charge in [-0.15, -0.1) is 0 Å². The second-order valence-corrected chi connectivity index (χ2v) is 4.61. The highest BCUT2D eigenvalue weighted by atomic mass is 19.1. The van der Waals surface area contributed by atoms with Crippen molar-refractivity contribution < 1.29 is 23.6 Å². The molecule has 2 aromatic rings. The number of benzene rings is 1. The van der Waals surface area contributed by atoms with Gasteiger partial charge in [0.1, 0.15) is 11.4 Å². The maximum atomic E-state index is 13.1. The van der Waals surface area contributed by atoms with E-state index in [0.29, 0.717) is 0 Å². The van der Waals surface area contributed by atoms with Crippen LogP contribution in [0.5, 0.6) is 0 Å². The number of carboxylic acids is 1. The van der Waals surface area contributed by atoms with Gasteiger partial charge in [-0.05, 0) is 18.1 Å². The summed E-state index contributed by atoms with van der Waals surface area (Å²) in [5, 5.41) is 20.0. The highest BCUT2D eigenvalue weighted by Gasteiger charge is 2.26. The van der Waals surface area contributed by atoms with E-state index in [-0.39, 0.29) is 28.8 Å². The molecule has 0 bridgehead atoms. The number of nitro benzene ring substituents is 1. The molecular weight excluding hydrogens is 283 g/mol. The van der Waals surface area contributed by atoms with E-state index in [1.54, 1.807) is 13.8 Å². The van der Waals surface area contributed by atoms with E-state index in [2.05, 4.69) is 4.98 Å². The number of rotatable bonds is 4. The molecule has 0 aliphatic rings. The first kappa shape index (κ1) is 14.6. The molecule has 0 fully saturated rings. The van der Waals surface area contributed by atoms with Gasteiger partial charge >= 0.3 is 5.97 Å². The molecule has 0 aliphatic heterocycles. The van der Waals surface area contributed by atoms with Gasteiger partial charge in [0.25, 0.3) is 5.69 Å². The summed E-state index contributed by atoms with van der Waals surface area (Å²) in [7, 11) is 0. The fraction of sp³-hybridized carbons (Fsp3) is 0.231. The predicted octanol–water partition coefficient (Wildman–Crippen LogP) is 3.21. The molecule has 0 saturated heterocycles. The van der Waals surface area contributed by atoms with Crippen LogP contribution in [0.1, 0.15) is 36.0 Å². The minimum Gasteiger partial charge on any atom is -0.475 e. The largest absolute Gasteiger partial charge is 0.475 e. The van der Waals surface area contributed by atoms with E-state index in [1.165, 1.54) is 0 Å². The Hall–Kier alpha value is -2.77. The standard InChI is InChI=1S/C13H11FN2O5/c1-6(2)10-11(13(17)18)21-12(15-10)8-4-3-7(14)5-9(8)16(19)20/h3-6H,1-2H3,(H,17,18). The van der Waals surface area contributed by atoms with Gasteiger partial charge in [0, 0.05) is 0 Å². The first-order chi connectivity index (χ1) is 9.81. The zero-order valence-electron chi connectivity index (χ0n) is 11.2. The fourth-order valence-corrected chi connectivity index (χ4v) is 1.83. The molecule has 0 amide bonds. The van der Waals surface area contributed by atoms with E-state index in [9.17, 15) is 19.3 Å².